The Morgan fingerprint density at radius 2 is 1.44 bits per heavy atom. The average molecular weight is 133 g/mol. The smallest absolute Gasteiger partial charge is 0.0437 e. The van der Waals surface area contributed by atoms with Crippen LogP contribution in [0.5, 0.6) is 0 Å². The first-order chi connectivity index (χ1) is 4.33. The Balaban J connectivity index is 0. The Morgan fingerprint density at radius 1 is 1.11 bits per heavy atom. The summed E-state index contributed by atoms with van der Waals surface area (Å²) >= 11 is 0. The van der Waals surface area contributed by atoms with E-state index in [2.05, 4.69) is 6.92 Å². The fourth-order valence-corrected chi connectivity index (χ4v) is 0.204. The summed E-state index contributed by atoms with van der Waals surface area (Å²) in [5, 5.41) is 0. The van der Waals surface area contributed by atoms with Crippen molar-refractivity contribution >= 4 is 0 Å². The van der Waals surface area contributed by atoms with E-state index in [1.54, 1.807) is 0 Å². The maximum atomic E-state index is 5.03. The monoisotopic (exact) mass is 133 g/mol. The van der Waals surface area contributed by atoms with Crippen molar-refractivity contribution < 1.29 is 4.74 Å². The van der Waals surface area contributed by atoms with Gasteiger partial charge in [0.15, 0.2) is 0 Å². The van der Waals surface area contributed by atoms with E-state index >= 15 is 0 Å². The highest BCUT2D eigenvalue weighted by atomic mass is 16.5. The van der Waals surface area contributed by atoms with Crippen LogP contribution >= 0.6 is 0 Å². The molecule has 0 amide bonds. The van der Waals surface area contributed by atoms with Gasteiger partial charge in [0, 0.05) is 13.2 Å². The molecule has 0 heterocycles. The van der Waals surface area contributed by atoms with E-state index in [-0.39, 0.29) is 0 Å². The maximum Gasteiger partial charge on any atom is 0.0437 e. The Morgan fingerprint density at radius 3 is 1.44 bits per heavy atom. The molecule has 0 bridgehead atoms. The molecule has 0 aromatic heterocycles. The van der Waals surface area contributed by atoms with Gasteiger partial charge in [-0.3, -0.25) is 0 Å². The number of hydrogen-bond donors (Lipinski definition) is 1. The van der Waals surface area contributed by atoms with Gasteiger partial charge < -0.3 is 10.5 Å². The molecule has 2 heteroatoms. The van der Waals surface area contributed by atoms with Gasteiger partial charge in [-0.1, -0.05) is 6.92 Å². The fourth-order valence-electron chi connectivity index (χ4n) is 0.204. The van der Waals surface area contributed by atoms with Gasteiger partial charge in [-0.15, -0.1) is 0 Å². The molecule has 0 unspecified atom stereocenters. The molecule has 2 nitrogen and oxygen atoms in total. The quantitative estimate of drug-likeness (QED) is 0.631. The molecule has 2 N–H and O–H groups in total. The van der Waals surface area contributed by atoms with Crippen molar-refractivity contribution in [1.82, 2.24) is 0 Å². The summed E-state index contributed by atoms with van der Waals surface area (Å²) in [4.78, 5) is 0. The summed E-state index contributed by atoms with van der Waals surface area (Å²) in [5.41, 5.74) is 5.03. The molecule has 58 valence electrons. The van der Waals surface area contributed by atoms with Crippen molar-refractivity contribution in [3.05, 3.63) is 0 Å². The molecular weight excluding hydrogens is 114 g/mol. The van der Waals surface area contributed by atoms with Crippen LogP contribution in [0.1, 0.15) is 27.2 Å². The molecule has 0 fully saturated rings. The lowest BCUT2D eigenvalue weighted by atomic mass is 10.5. The third-order valence-electron chi connectivity index (χ3n) is 0.697. The molecule has 0 saturated heterocycles. The van der Waals surface area contributed by atoms with E-state index in [1.165, 1.54) is 0 Å². The number of ether oxygens (including phenoxy) is 1. The third-order valence-corrected chi connectivity index (χ3v) is 0.697. The molecule has 0 aromatic carbocycles. The van der Waals surface area contributed by atoms with Crippen molar-refractivity contribution in [3.63, 3.8) is 0 Å². The number of hydrogen-bond acceptors (Lipinski definition) is 2. The highest BCUT2D eigenvalue weighted by Crippen LogP contribution is 1.64. The van der Waals surface area contributed by atoms with E-state index in [0.717, 1.165) is 26.2 Å². The standard InChI is InChI=1S/C4H10O.C3H9N/c1-3-5-4-2;1-2-3-4/h3-4H2,1-2H3;2-4H2,1H3. The first-order valence-corrected chi connectivity index (χ1v) is 3.61. The van der Waals surface area contributed by atoms with Crippen LogP contribution in [0, 0.1) is 0 Å². The van der Waals surface area contributed by atoms with Crippen LogP contribution in [0.2, 0.25) is 0 Å². The third kappa shape index (κ3) is 32.6. The molecule has 0 rings (SSSR count). The zero-order valence-corrected chi connectivity index (χ0v) is 6.81. The minimum atomic E-state index is 0.819. The summed E-state index contributed by atoms with van der Waals surface area (Å²) in [5.74, 6) is 0. The summed E-state index contributed by atoms with van der Waals surface area (Å²) in [6.07, 6.45) is 1.10. The summed E-state index contributed by atoms with van der Waals surface area (Å²) in [6, 6.07) is 0. The van der Waals surface area contributed by atoms with E-state index in [9.17, 15) is 0 Å². The van der Waals surface area contributed by atoms with Gasteiger partial charge in [0.25, 0.3) is 0 Å². The zero-order chi connectivity index (χ0) is 7.54. The Hall–Kier alpha value is -0.0800. The molecule has 0 aliphatic carbocycles. The second kappa shape index (κ2) is 15.7. The van der Waals surface area contributed by atoms with Gasteiger partial charge in [0.1, 0.15) is 0 Å². The van der Waals surface area contributed by atoms with Crippen LogP contribution in [0.15, 0.2) is 0 Å². The summed E-state index contributed by atoms with van der Waals surface area (Å²) in [6.45, 7) is 8.54. The molecule has 0 atom stereocenters. The fraction of sp³-hybridized carbons (Fsp3) is 1.00. The van der Waals surface area contributed by atoms with Crippen LogP contribution in [-0.2, 0) is 4.74 Å². The molecule has 0 radical (unpaired) electrons. The minimum absolute atomic E-state index is 0.819. The predicted molar refractivity (Wildman–Crippen MR) is 41.5 cm³/mol. The van der Waals surface area contributed by atoms with Gasteiger partial charge in [-0.25, -0.2) is 0 Å². The van der Waals surface area contributed by atoms with Crippen molar-refractivity contribution in [2.45, 2.75) is 27.2 Å². The van der Waals surface area contributed by atoms with Crippen LogP contribution in [-0.4, -0.2) is 19.8 Å². The molecule has 0 aliphatic rings. The lowest BCUT2D eigenvalue weighted by molar-refractivity contribution is 0.162. The van der Waals surface area contributed by atoms with Crippen molar-refractivity contribution in [2.75, 3.05) is 19.8 Å². The van der Waals surface area contributed by atoms with Crippen LogP contribution in [0.3, 0.4) is 0 Å². The molecule has 0 aromatic rings. The lowest BCUT2D eigenvalue weighted by Crippen LogP contribution is -1.93. The number of nitrogens with two attached hydrogens (primary N) is 1. The van der Waals surface area contributed by atoms with Gasteiger partial charge in [0.05, 0.1) is 0 Å². The largest absolute Gasteiger partial charge is 0.382 e. The van der Waals surface area contributed by atoms with E-state index in [1.807, 2.05) is 13.8 Å². The Kier molecular flexibility index (Phi) is 20.3. The van der Waals surface area contributed by atoms with Crippen molar-refractivity contribution in [2.24, 2.45) is 5.73 Å². The SMILES string of the molecule is CCCN.CCOCC. The molecular formula is C7H19NO. The molecule has 0 aliphatic heterocycles. The van der Waals surface area contributed by atoms with Gasteiger partial charge in [-0.05, 0) is 26.8 Å². The van der Waals surface area contributed by atoms with E-state index in [4.69, 9.17) is 10.5 Å². The second-order valence-electron chi connectivity index (χ2n) is 1.57. The Labute approximate surface area is 58.4 Å². The summed E-state index contributed by atoms with van der Waals surface area (Å²) < 4.78 is 4.83. The highest BCUT2D eigenvalue weighted by molar-refractivity contribution is 4.19. The van der Waals surface area contributed by atoms with Crippen LogP contribution in [0.4, 0.5) is 0 Å². The number of rotatable bonds is 3. The minimum Gasteiger partial charge on any atom is -0.382 e. The predicted octanol–water partition coefficient (Wildman–Crippen LogP) is 1.40. The van der Waals surface area contributed by atoms with Crippen molar-refractivity contribution in [1.29, 1.82) is 0 Å². The molecule has 0 spiro atoms. The van der Waals surface area contributed by atoms with E-state index < -0.39 is 0 Å². The van der Waals surface area contributed by atoms with Gasteiger partial charge in [0.2, 0.25) is 0 Å². The van der Waals surface area contributed by atoms with E-state index in [0.29, 0.717) is 0 Å². The maximum absolute atomic E-state index is 5.03. The Bertz CT molecular complexity index is 28.1. The first kappa shape index (κ1) is 11.7. The molecule has 9 heavy (non-hydrogen) atoms. The first-order valence-electron chi connectivity index (χ1n) is 3.61. The second-order valence-corrected chi connectivity index (χ2v) is 1.57. The van der Waals surface area contributed by atoms with Gasteiger partial charge >= 0.3 is 0 Å². The normalized spacial score (nSPS) is 8.00. The average Bonchev–Trinajstić information content (AvgIpc) is 1.91. The topological polar surface area (TPSA) is 35.2 Å². The van der Waals surface area contributed by atoms with Gasteiger partial charge in [-0.2, -0.15) is 0 Å². The molecule has 0 saturated carbocycles. The van der Waals surface area contributed by atoms with Crippen LogP contribution < -0.4 is 5.73 Å². The summed E-state index contributed by atoms with van der Waals surface area (Å²) in [7, 11) is 0. The zero-order valence-electron chi connectivity index (χ0n) is 6.81. The highest BCUT2D eigenvalue weighted by Gasteiger charge is 1.64. The lowest BCUT2D eigenvalue weighted by Gasteiger charge is -1.86. The van der Waals surface area contributed by atoms with Crippen molar-refractivity contribution in [3.8, 4) is 0 Å². The van der Waals surface area contributed by atoms with Crippen LogP contribution in [0.25, 0.3) is 0 Å².